The molecule has 3 aromatic rings. The van der Waals surface area contributed by atoms with E-state index in [0.29, 0.717) is 0 Å². The highest BCUT2D eigenvalue weighted by molar-refractivity contribution is 5.86. The highest BCUT2D eigenvalue weighted by Gasteiger charge is 2.38. The summed E-state index contributed by atoms with van der Waals surface area (Å²) in [5, 5.41) is 3.72. The van der Waals surface area contributed by atoms with Crippen molar-refractivity contribution in [3.8, 4) is 17.2 Å². The number of nitrogens with two attached hydrogens (primary N) is 1. The maximum Gasteiger partial charge on any atom is 0.160 e. The summed E-state index contributed by atoms with van der Waals surface area (Å²) in [5.41, 5.74) is 5.07. The van der Waals surface area contributed by atoms with Crippen molar-refractivity contribution >= 4 is 10.9 Å². The van der Waals surface area contributed by atoms with Gasteiger partial charge in [0, 0.05) is 23.7 Å². The average Bonchev–Trinajstić information content (AvgIpc) is 3.07. The number of aromatic amines is 1. The number of benzene rings is 2. The summed E-state index contributed by atoms with van der Waals surface area (Å²) in [5.74, 6) is 2.44. The van der Waals surface area contributed by atoms with E-state index in [1.165, 1.54) is 27.7 Å². The van der Waals surface area contributed by atoms with Gasteiger partial charge in [0.05, 0.1) is 33.6 Å². The molecule has 0 amide bonds. The molecule has 27 heavy (non-hydrogen) atoms. The third-order valence-corrected chi connectivity index (χ3v) is 5.69. The number of rotatable bonds is 5. The molecule has 1 unspecified atom stereocenters. The Bertz CT molecular complexity index is 979. The first-order valence-electron chi connectivity index (χ1n) is 9.32. The van der Waals surface area contributed by atoms with Gasteiger partial charge < -0.3 is 24.5 Å². The molecule has 4 rings (SSSR count). The molecule has 1 aromatic heterocycles. The molecule has 142 valence electrons. The van der Waals surface area contributed by atoms with Gasteiger partial charge in [-0.25, -0.2) is 0 Å². The Balaban J connectivity index is 1.74. The topological polar surface area (TPSA) is 60.1 Å². The molecule has 0 saturated carbocycles. The number of quaternary nitrogens is 1. The fourth-order valence-corrected chi connectivity index (χ4v) is 4.31. The van der Waals surface area contributed by atoms with Gasteiger partial charge in [-0.15, -0.1) is 0 Å². The SMILES string of the molecule is COc1ccc2[nH]c3c(c2c1)CC[NH2+]C3(C)Cc1ccc(OC)c(OC)c1. The van der Waals surface area contributed by atoms with Crippen LogP contribution in [0.25, 0.3) is 10.9 Å². The summed E-state index contributed by atoms with van der Waals surface area (Å²) in [4.78, 5) is 3.69. The number of methoxy groups -OCH3 is 3. The number of ether oxygens (including phenoxy) is 3. The minimum Gasteiger partial charge on any atom is -0.497 e. The molecule has 1 atom stereocenters. The molecule has 0 saturated heterocycles. The molecule has 0 bridgehead atoms. The Morgan fingerprint density at radius 1 is 1.00 bits per heavy atom. The van der Waals surface area contributed by atoms with Gasteiger partial charge in [0.1, 0.15) is 11.3 Å². The number of hydrogen-bond donors (Lipinski definition) is 2. The van der Waals surface area contributed by atoms with E-state index in [9.17, 15) is 0 Å². The first-order chi connectivity index (χ1) is 13.1. The Kier molecular flexibility index (Phi) is 4.48. The van der Waals surface area contributed by atoms with Crippen LogP contribution in [-0.4, -0.2) is 32.9 Å². The van der Waals surface area contributed by atoms with E-state index in [1.54, 1.807) is 21.3 Å². The lowest BCUT2D eigenvalue weighted by Crippen LogP contribution is -2.96. The number of aromatic nitrogens is 1. The van der Waals surface area contributed by atoms with E-state index in [1.807, 2.05) is 12.1 Å². The summed E-state index contributed by atoms with van der Waals surface area (Å²) in [6.07, 6.45) is 1.97. The van der Waals surface area contributed by atoms with Crippen LogP contribution in [0.1, 0.15) is 23.7 Å². The van der Waals surface area contributed by atoms with Crippen LogP contribution in [0.15, 0.2) is 36.4 Å². The second-order valence-electron chi connectivity index (χ2n) is 7.42. The largest absolute Gasteiger partial charge is 0.497 e. The highest BCUT2D eigenvalue weighted by atomic mass is 16.5. The summed E-state index contributed by atoms with van der Waals surface area (Å²) in [7, 11) is 5.06. The molecular formula is C22H27N2O3+. The van der Waals surface area contributed by atoms with Crippen LogP contribution in [0, 0.1) is 0 Å². The van der Waals surface area contributed by atoms with Crippen LogP contribution in [0.3, 0.4) is 0 Å². The Labute approximate surface area is 159 Å². The van der Waals surface area contributed by atoms with Gasteiger partial charge in [0.2, 0.25) is 0 Å². The zero-order valence-corrected chi connectivity index (χ0v) is 16.4. The predicted molar refractivity (Wildman–Crippen MR) is 106 cm³/mol. The predicted octanol–water partition coefficient (Wildman–Crippen LogP) is 2.77. The van der Waals surface area contributed by atoms with Gasteiger partial charge in [-0.05, 0) is 48.4 Å². The average molecular weight is 367 g/mol. The lowest BCUT2D eigenvalue weighted by Gasteiger charge is -2.32. The second-order valence-corrected chi connectivity index (χ2v) is 7.42. The molecular weight excluding hydrogens is 340 g/mol. The van der Waals surface area contributed by atoms with Gasteiger partial charge in [-0.1, -0.05) is 6.07 Å². The van der Waals surface area contributed by atoms with Crippen LogP contribution in [0.5, 0.6) is 17.2 Å². The zero-order valence-electron chi connectivity index (χ0n) is 16.4. The highest BCUT2D eigenvalue weighted by Crippen LogP contribution is 2.35. The Hall–Kier alpha value is -2.66. The van der Waals surface area contributed by atoms with Gasteiger partial charge >= 0.3 is 0 Å². The molecule has 1 aliphatic heterocycles. The minimum atomic E-state index is -0.0561. The smallest absolute Gasteiger partial charge is 0.160 e. The van der Waals surface area contributed by atoms with Crippen molar-refractivity contribution in [2.24, 2.45) is 0 Å². The van der Waals surface area contributed by atoms with Crippen LogP contribution in [-0.2, 0) is 18.4 Å². The van der Waals surface area contributed by atoms with E-state index < -0.39 is 0 Å². The van der Waals surface area contributed by atoms with Crippen molar-refractivity contribution in [3.63, 3.8) is 0 Å². The molecule has 0 aliphatic carbocycles. The molecule has 0 spiro atoms. The van der Waals surface area contributed by atoms with E-state index >= 15 is 0 Å². The van der Waals surface area contributed by atoms with Crippen LogP contribution < -0.4 is 19.5 Å². The van der Waals surface area contributed by atoms with Crippen molar-refractivity contribution in [3.05, 3.63) is 53.2 Å². The van der Waals surface area contributed by atoms with Crippen molar-refractivity contribution in [1.29, 1.82) is 0 Å². The van der Waals surface area contributed by atoms with Gasteiger partial charge in [0.25, 0.3) is 0 Å². The van der Waals surface area contributed by atoms with E-state index in [0.717, 1.165) is 36.6 Å². The summed E-state index contributed by atoms with van der Waals surface area (Å²) in [6, 6.07) is 12.5. The molecule has 2 aromatic carbocycles. The normalized spacial score (nSPS) is 19.0. The van der Waals surface area contributed by atoms with E-state index in [2.05, 4.69) is 41.5 Å². The molecule has 5 nitrogen and oxygen atoms in total. The lowest BCUT2D eigenvalue weighted by atomic mass is 9.83. The minimum absolute atomic E-state index is 0.0561. The maximum atomic E-state index is 5.49. The third-order valence-electron chi connectivity index (χ3n) is 5.69. The van der Waals surface area contributed by atoms with Gasteiger partial charge in [-0.3, -0.25) is 0 Å². The summed E-state index contributed by atoms with van der Waals surface area (Å²) < 4.78 is 16.3. The molecule has 0 radical (unpaired) electrons. The number of fused-ring (bicyclic) bond motifs is 3. The van der Waals surface area contributed by atoms with Crippen molar-refractivity contribution in [2.45, 2.75) is 25.3 Å². The van der Waals surface area contributed by atoms with Gasteiger partial charge in [0.15, 0.2) is 11.5 Å². The standard InChI is InChI=1S/C22H26N2O3/c1-22(13-14-5-8-19(26-3)20(11-14)27-4)21-16(9-10-23-22)17-12-15(25-2)6-7-18(17)24-21/h5-8,11-12,23-24H,9-10,13H2,1-4H3/p+1. The first-order valence-corrected chi connectivity index (χ1v) is 9.32. The van der Waals surface area contributed by atoms with Crippen LogP contribution in [0.2, 0.25) is 0 Å². The van der Waals surface area contributed by atoms with Crippen LogP contribution >= 0.6 is 0 Å². The zero-order chi connectivity index (χ0) is 19.0. The second kappa shape index (κ2) is 6.82. The Morgan fingerprint density at radius 2 is 1.81 bits per heavy atom. The maximum absolute atomic E-state index is 5.49. The van der Waals surface area contributed by atoms with E-state index in [4.69, 9.17) is 14.2 Å². The van der Waals surface area contributed by atoms with Crippen LogP contribution in [0.4, 0.5) is 0 Å². The molecule has 0 fully saturated rings. The first kappa shape index (κ1) is 17.7. The van der Waals surface area contributed by atoms with Crippen molar-refractivity contribution in [1.82, 2.24) is 4.98 Å². The molecule has 2 heterocycles. The number of nitrogens with one attached hydrogen (secondary N) is 1. The summed E-state index contributed by atoms with van der Waals surface area (Å²) in [6.45, 7) is 3.38. The molecule has 5 heteroatoms. The summed E-state index contributed by atoms with van der Waals surface area (Å²) >= 11 is 0. The van der Waals surface area contributed by atoms with E-state index in [-0.39, 0.29) is 5.54 Å². The molecule has 1 aliphatic rings. The quantitative estimate of drug-likeness (QED) is 0.729. The monoisotopic (exact) mass is 367 g/mol. The Morgan fingerprint density at radius 3 is 2.56 bits per heavy atom. The lowest BCUT2D eigenvalue weighted by molar-refractivity contribution is -0.736. The van der Waals surface area contributed by atoms with Gasteiger partial charge in [-0.2, -0.15) is 0 Å². The molecule has 3 N–H and O–H groups in total. The fraction of sp³-hybridized carbons (Fsp3) is 0.364. The number of hydrogen-bond acceptors (Lipinski definition) is 3. The van der Waals surface area contributed by atoms with Crippen molar-refractivity contribution < 1.29 is 19.5 Å². The fourth-order valence-electron chi connectivity index (χ4n) is 4.31. The third kappa shape index (κ3) is 3.02. The number of H-pyrrole nitrogens is 1. The van der Waals surface area contributed by atoms with Crippen molar-refractivity contribution in [2.75, 3.05) is 27.9 Å².